The van der Waals surface area contributed by atoms with Crippen molar-refractivity contribution in [2.75, 3.05) is 11.9 Å². The Labute approximate surface area is 135 Å². The third kappa shape index (κ3) is 3.75. The van der Waals surface area contributed by atoms with Crippen LogP contribution in [0.3, 0.4) is 0 Å². The van der Waals surface area contributed by atoms with Gasteiger partial charge in [0.15, 0.2) is 6.04 Å². The molecule has 0 saturated heterocycles. The summed E-state index contributed by atoms with van der Waals surface area (Å²) in [7, 11) is 0. The molecule has 0 aliphatic heterocycles. The first-order chi connectivity index (χ1) is 9.61. The average Bonchev–Trinajstić information content (AvgIpc) is 2.77. The second kappa shape index (κ2) is 7.11. The lowest BCUT2D eigenvalue weighted by atomic mass is 10.2. The summed E-state index contributed by atoms with van der Waals surface area (Å²) in [6.07, 6.45) is 0. The largest absolute Gasteiger partial charge is 0.464 e. The Morgan fingerprint density at radius 1 is 1.45 bits per heavy atom. The molecule has 20 heavy (non-hydrogen) atoms. The van der Waals surface area contributed by atoms with Gasteiger partial charge in [0.2, 0.25) is 0 Å². The van der Waals surface area contributed by atoms with Crippen LogP contribution in [-0.2, 0) is 9.53 Å². The lowest BCUT2D eigenvalue weighted by molar-refractivity contribution is -0.144. The van der Waals surface area contributed by atoms with Gasteiger partial charge < -0.3 is 10.1 Å². The monoisotopic (exact) mass is 373 g/mol. The molecule has 1 aromatic carbocycles. The maximum Gasteiger partial charge on any atom is 0.334 e. The fourth-order valence-electron chi connectivity index (χ4n) is 1.68. The lowest BCUT2D eigenvalue weighted by Crippen LogP contribution is -2.22. The number of nitrogens with one attached hydrogen (secondary N) is 1. The van der Waals surface area contributed by atoms with Crippen LogP contribution in [0.25, 0.3) is 0 Å². The zero-order valence-electron chi connectivity index (χ0n) is 10.7. The summed E-state index contributed by atoms with van der Waals surface area (Å²) in [4.78, 5) is 12.9. The van der Waals surface area contributed by atoms with Crippen molar-refractivity contribution in [1.82, 2.24) is 0 Å². The van der Waals surface area contributed by atoms with Crippen LogP contribution in [-0.4, -0.2) is 12.6 Å². The van der Waals surface area contributed by atoms with E-state index in [0.717, 1.165) is 15.0 Å². The van der Waals surface area contributed by atoms with Crippen LogP contribution in [0.5, 0.6) is 0 Å². The van der Waals surface area contributed by atoms with Crippen LogP contribution < -0.4 is 5.32 Å². The minimum Gasteiger partial charge on any atom is -0.464 e. The predicted octanol–water partition coefficient (Wildman–Crippen LogP) is 4.88. The summed E-state index contributed by atoms with van der Waals surface area (Å²) in [5, 5.41) is 3.18. The van der Waals surface area contributed by atoms with Gasteiger partial charge in [-0.2, -0.15) is 0 Å². The van der Waals surface area contributed by atoms with Crippen molar-refractivity contribution in [1.29, 1.82) is 0 Å². The highest BCUT2D eigenvalue weighted by atomic mass is 79.9. The second-order valence-corrected chi connectivity index (χ2v) is 6.51. The molecule has 2 rings (SSSR count). The van der Waals surface area contributed by atoms with E-state index < -0.39 is 6.04 Å². The normalized spacial score (nSPS) is 11.9. The molecule has 1 atom stereocenters. The number of hydrogen-bond donors (Lipinski definition) is 1. The van der Waals surface area contributed by atoms with Crippen molar-refractivity contribution < 1.29 is 9.53 Å². The molecular formula is C14H13BrClNO2S. The maximum atomic E-state index is 12.1. The minimum atomic E-state index is -0.564. The lowest BCUT2D eigenvalue weighted by Gasteiger charge is -2.17. The summed E-state index contributed by atoms with van der Waals surface area (Å²) in [5.74, 6) is -0.318. The molecule has 0 fully saturated rings. The zero-order chi connectivity index (χ0) is 14.5. The highest BCUT2D eigenvalue weighted by Gasteiger charge is 2.24. The third-order valence-corrected chi connectivity index (χ3v) is 5.10. The molecule has 3 nitrogen and oxygen atoms in total. The van der Waals surface area contributed by atoms with Gasteiger partial charge in [0.1, 0.15) is 4.34 Å². The number of halogens is 2. The number of hydrogen-bond acceptors (Lipinski definition) is 4. The average molecular weight is 375 g/mol. The highest BCUT2D eigenvalue weighted by molar-refractivity contribution is 9.10. The van der Waals surface area contributed by atoms with Gasteiger partial charge in [-0.1, -0.05) is 29.8 Å². The highest BCUT2D eigenvalue weighted by Crippen LogP contribution is 2.36. The predicted molar refractivity (Wildman–Crippen MR) is 86.5 cm³/mol. The second-order valence-electron chi connectivity index (χ2n) is 3.97. The van der Waals surface area contributed by atoms with Gasteiger partial charge >= 0.3 is 5.97 Å². The van der Waals surface area contributed by atoms with E-state index in [1.165, 1.54) is 11.3 Å². The Kier molecular flexibility index (Phi) is 5.46. The van der Waals surface area contributed by atoms with Crippen LogP contribution in [0, 0.1) is 0 Å². The Morgan fingerprint density at radius 3 is 2.70 bits per heavy atom. The molecule has 1 aromatic heterocycles. The van der Waals surface area contributed by atoms with Crippen LogP contribution in [0.4, 0.5) is 5.69 Å². The molecule has 0 bridgehead atoms. The van der Waals surface area contributed by atoms with E-state index in [1.54, 1.807) is 6.92 Å². The zero-order valence-corrected chi connectivity index (χ0v) is 13.9. The smallest absolute Gasteiger partial charge is 0.334 e. The quantitative estimate of drug-likeness (QED) is 0.758. The number of anilines is 1. The van der Waals surface area contributed by atoms with E-state index in [2.05, 4.69) is 21.2 Å². The van der Waals surface area contributed by atoms with E-state index >= 15 is 0 Å². The molecule has 2 aromatic rings. The summed E-state index contributed by atoms with van der Waals surface area (Å²) in [6.45, 7) is 2.13. The fourth-order valence-corrected chi connectivity index (χ4v) is 3.45. The number of rotatable bonds is 5. The summed E-state index contributed by atoms with van der Waals surface area (Å²) < 4.78 is 6.52. The maximum absolute atomic E-state index is 12.1. The summed E-state index contributed by atoms with van der Waals surface area (Å²) in [6, 6.07) is 10.8. The molecule has 0 spiro atoms. The fraction of sp³-hybridized carbons (Fsp3) is 0.214. The molecular weight excluding hydrogens is 362 g/mol. The SMILES string of the molecule is CCOC(=O)C(Nc1ccccc1)c1cc(Br)c(Cl)s1. The molecule has 0 saturated carbocycles. The Morgan fingerprint density at radius 2 is 2.15 bits per heavy atom. The first kappa shape index (κ1) is 15.4. The number of thiophene rings is 1. The van der Waals surface area contributed by atoms with Crippen molar-refractivity contribution in [2.45, 2.75) is 13.0 Å². The first-order valence-electron chi connectivity index (χ1n) is 6.04. The van der Waals surface area contributed by atoms with Crippen LogP contribution >= 0.6 is 38.9 Å². The van der Waals surface area contributed by atoms with E-state index in [0.29, 0.717) is 10.9 Å². The van der Waals surface area contributed by atoms with E-state index in [-0.39, 0.29) is 5.97 Å². The van der Waals surface area contributed by atoms with Crippen molar-refractivity contribution >= 4 is 50.5 Å². The van der Waals surface area contributed by atoms with Crippen LogP contribution in [0.1, 0.15) is 17.8 Å². The molecule has 6 heteroatoms. The first-order valence-corrected chi connectivity index (χ1v) is 8.03. The van der Waals surface area contributed by atoms with E-state index in [1.807, 2.05) is 36.4 Å². The molecule has 0 amide bonds. The molecule has 1 unspecified atom stereocenters. The summed E-state index contributed by atoms with van der Waals surface area (Å²) >= 11 is 10.8. The molecule has 1 heterocycles. The van der Waals surface area contributed by atoms with Gasteiger partial charge in [-0.15, -0.1) is 11.3 Å². The number of carbonyl (C=O) groups excluding carboxylic acids is 1. The van der Waals surface area contributed by atoms with E-state index in [9.17, 15) is 4.79 Å². The van der Waals surface area contributed by atoms with Gasteiger partial charge in [0.05, 0.1) is 6.61 Å². The van der Waals surface area contributed by atoms with Crippen molar-refractivity contribution in [3.8, 4) is 0 Å². The molecule has 0 aliphatic carbocycles. The van der Waals surface area contributed by atoms with Crippen LogP contribution in [0.15, 0.2) is 40.9 Å². The molecule has 0 radical (unpaired) electrons. The number of benzene rings is 1. The van der Waals surface area contributed by atoms with Gasteiger partial charge in [-0.25, -0.2) is 4.79 Å². The number of para-hydroxylation sites is 1. The minimum absolute atomic E-state index is 0.318. The van der Waals surface area contributed by atoms with Gasteiger partial charge in [-0.05, 0) is 41.1 Å². The van der Waals surface area contributed by atoms with Crippen molar-refractivity contribution in [2.24, 2.45) is 0 Å². The number of ether oxygens (including phenoxy) is 1. The summed E-state index contributed by atoms with van der Waals surface area (Å²) in [5.41, 5.74) is 0.853. The molecule has 0 aliphatic rings. The Hall–Kier alpha value is -1.04. The third-order valence-electron chi connectivity index (χ3n) is 2.56. The molecule has 106 valence electrons. The van der Waals surface area contributed by atoms with Crippen molar-refractivity contribution in [3.63, 3.8) is 0 Å². The molecule has 1 N–H and O–H groups in total. The number of carbonyl (C=O) groups is 1. The van der Waals surface area contributed by atoms with Gasteiger partial charge in [0.25, 0.3) is 0 Å². The van der Waals surface area contributed by atoms with Crippen LogP contribution in [0.2, 0.25) is 4.34 Å². The Balaban J connectivity index is 2.27. The van der Waals surface area contributed by atoms with Gasteiger partial charge in [-0.3, -0.25) is 0 Å². The number of esters is 1. The standard InChI is InChI=1S/C14H13BrClNO2S/c1-2-19-14(18)12(11-8-10(15)13(16)20-11)17-9-6-4-3-5-7-9/h3-8,12,17H,2H2,1H3. The van der Waals surface area contributed by atoms with Crippen molar-refractivity contribution in [3.05, 3.63) is 50.1 Å². The topological polar surface area (TPSA) is 38.3 Å². The Bertz CT molecular complexity index is 569. The van der Waals surface area contributed by atoms with Gasteiger partial charge in [0, 0.05) is 15.0 Å². The van der Waals surface area contributed by atoms with E-state index in [4.69, 9.17) is 16.3 Å².